The van der Waals surface area contributed by atoms with E-state index in [2.05, 4.69) is 39.5 Å². The lowest BCUT2D eigenvalue weighted by Crippen LogP contribution is -2.46. The van der Waals surface area contributed by atoms with Gasteiger partial charge >= 0.3 is 5.97 Å². The summed E-state index contributed by atoms with van der Waals surface area (Å²) < 4.78 is 4.87. The van der Waals surface area contributed by atoms with Crippen LogP contribution in [-0.2, 0) is 22.5 Å². The first-order valence-electron chi connectivity index (χ1n) is 10.7. The molecule has 3 rings (SSSR count). The molecule has 0 aliphatic carbocycles. The molecule has 1 amide bonds. The highest BCUT2D eigenvalue weighted by molar-refractivity contribution is 6.91. The predicted octanol–water partition coefficient (Wildman–Crippen LogP) is 4.83. The first-order valence-corrected chi connectivity index (χ1v) is 13.3. The molecule has 0 radical (unpaired) electrons. The molecule has 2 aromatic rings. The zero-order chi connectivity index (χ0) is 21.9. The average Bonchev–Trinajstić information content (AvgIpc) is 3.12. The van der Waals surface area contributed by atoms with E-state index in [1.807, 2.05) is 35.2 Å². The number of fused-ring (bicyclic) bond motifs is 1. The molecule has 0 saturated heterocycles. The van der Waals surface area contributed by atoms with E-state index >= 15 is 0 Å². The number of benzene rings is 2. The summed E-state index contributed by atoms with van der Waals surface area (Å²) in [5.41, 5.74) is 4.11. The molecule has 0 saturated carbocycles. The SMILES string of the molecule is C=C(Cc1cc([Si](CC)(CC)CC)cc2c1CN(c1ccccc1)C2=O)C(=O)OC. The number of ether oxygens (including phenoxy) is 1. The number of esters is 1. The van der Waals surface area contributed by atoms with Crippen molar-refractivity contribution in [1.29, 1.82) is 0 Å². The van der Waals surface area contributed by atoms with Gasteiger partial charge in [0, 0.05) is 23.2 Å². The highest BCUT2D eigenvalue weighted by Gasteiger charge is 2.36. The predicted molar refractivity (Wildman–Crippen MR) is 125 cm³/mol. The van der Waals surface area contributed by atoms with Gasteiger partial charge < -0.3 is 9.64 Å². The highest BCUT2D eigenvalue weighted by atomic mass is 28.3. The number of hydrogen-bond donors (Lipinski definition) is 0. The smallest absolute Gasteiger partial charge is 0.333 e. The molecule has 1 heterocycles. The van der Waals surface area contributed by atoms with E-state index in [1.165, 1.54) is 12.3 Å². The highest BCUT2D eigenvalue weighted by Crippen LogP contribution is 2.33. The zero-order valence-electron chi connectivity index (χ0n) is 18.5. The summed E-state index contributed by atoms with van der Waals surface area (Å²) in [7, 11) is -0.328. The summed E-state index contributed by atoms with van der Waals surface area (Å²) in [6.07, 6.45) is 0.403. The Hall–Kier alpha value is -2.66. The van der Waals surface area contributed by atoms with Gasteiger partial charge in [-0.2, -0.15) is 0 Å². The summed E-state index contributed by atoms with van der Waals surface area (Å²) >= 11 is 0. The van der Waals surface area contributed by atoms with E-state index in [4.69, 9.17) is 4.74 Å². The van der Waals surface area contributed by atoms with Crippen molar-refractivity contribution in [1.82, 2.24) is 0 Å². The van der Waals surface area contributed by atoms with E-state index in [1.54, 1.807) is 0 Å². The fourth-order valence-corrected chi connectivity index (χ4v) is 8.23. The van der Waals surface area contributed by atoms with Crippen LogP contribution in [-0.4, -0.2) is 27.1 Å². The molecule has 30 heavy (non-hydrogen) atoms. The molecule has 4 nitrogen and oxygen atoms in total. The van der Waals surface area contributed by atoms with Gasteiger partial charge in [-0.3, -0.25) is 4.79 Å². The van der Waals surface area contributed by atoms with E-state index in [0.29, 0.717) is 18.5 Å². The van der Waals surface area contributed by atoms with Gasteiger partial charge in [0.25, 0.3) is 5.91 Å². The van der Waals surface area contributed by atoms with Crippen LogP contribution in [0, 0.1) is 0 Å². The van der Waals surface area contributed by atoms with Crippen molar-refractivity contribution < 1.29 is 14.3 Å². The van der Waals surface area contributed by atoms with Gasteiger partial charge in [0.2, 0.25) is 0 Å². The molecule has 5 heteroatoms. The van der Waals surface area contributed by atoms with Crippen molar-refractivity contribution in [3.05, 3.63) is 71.3 Å². The normalized spacial score (nSPS) is 13.3. The Morgan fingerprint density at radius 1 is 1.10 bits per heavy atom. The third-order valence-electron chi connectivity index (χ3n) is 6.72. The number of nitrogens with zero attached hydrogens (tertiary/aromatic N) is 1. The maximum atomic E-state index is 13.4. The Labute approximate surface area is 180 Å². The topological polar surface area (TPSA) is 46.6 Å². The van der Waals surface area contributed by atoms with Crippen LogP contribution in [0.3, 0.4) is 0 Å². The van der Waals surface area contributed by atoms with Crippen LogP contribution in [0.4, 0.5) is 5.69 Å². The quantitative estimate of drug-likeness (QED) is 0.348. The number of carbonyl (C=O) groups excluding carboxylic acids is 2. The number of para-hydroxylation sites is 1. The summed E-state index contributed by atoms with van der Waals surface area (Å²) in [4.78, 5) is 27.2. The van der Waals surface area contributed by atoms with Crippen molar-refractivity contribution in [3.63, 3.8) is 0 Å². The van der Waals surface area contributed by atoms with Crippen molar-refractivity contribution in [2.45, 2.75) is 51.9 Å². The lowest BCUT2D eigenvalue weighted by Gasteiger charge is -2.30. The van der Waals surface area contributed by atoms with Crippen LogP contribution >= 0.6 is 0 Å². The molecule has 158 valence electrons. The molecule has 1 aliphatic rings. The van der Waals surface area contributed by atoms with Gasteiger partial charge in [-0.05, 0) is 29.3 Å². The van der Waals surface area contributed by atoms with Gasteiger partial charge in [-0.25, -0.2) is 4.79 Å². The lowest BCUT2D eigenvalue weighted by molar-refractivity contribution is -0.136. The van der Waals surface area contributed by atoms with E-state index in [0.717, 1.165) is 40.5 Å². The molecule has 0 atom stereocenters. The molecule has 1 aliphatic heterocycles. The second kappa shape index (κ2) is 9.00. The Kier molecular flexibility index (Phi) is 6.61. The van der Waals surface area contributed by atoms with Crippen molar-refractivity contribution in [2.75, 3.05) is 12.0 Å². The van der Waals surface area contributed by atoms with Crippen LogP contribution in [0.1, 0.15) is 42.3 Å². The first-order chi connectivity index (χ1) is 14.4. The van der Waals surface area contributed by atoms with Gasteiger partial charge in [-0.1, -0.05) is 74.9 Å². The number of amides is 1. The molecule has 0 unspecified atom stereocenters. The van der Waals surface area contributed by atoms with Crippen LogP contribution in [0.15, 0.2) is 54.6 Å². The summed E-state index contributed by atoms with van der Waals surface area (Å²) in [5, 5.41) is 1.31. The molecule has 2 aromatic carbocycles. The van der Waals surface area contributed by atoms with Crippen molar-refractivity contribution >= 4 is 30.8 Å². The summed E-state index contributed by atoms with van der Waals surface area (Å²) in [5.74, 6) is -0.363. The van der Waals surface area contributed by atoms with E-state index in [9.17, 15) is 9.59 Å². The Balaban J connectivity index is 2.13. The molecular formula is C25H31NO3Si. The first kappa shape index (κ1) is 22.0. The summed E-state index contributed by atoms with van der Waals surface area (Å²) in [6.45, 7) is 11.2. The Morgan fingerprint density at radius 3 is 2.30 bits per heavy atom. The van der Waals surface area contributed by atoms with Gasteiger partial charge in [0.1, 0.15) is 0 Å². The van der Waals surface area contributed by atoms with Crippen molar-refractivity contribution in [3.8, 4) is 0 Å². The van der Waals surface area contributed by atoms with Crippen LogP contribution in [0.25, 0.3) is 0 Å². The number of anilines is 1. The van der Waals surface area contributed by atoms with Crippen LogP contribution in [0.5, 0.6) is 0 Å². The second-order valence-electron chi connectivity index (χ2n) is 8.00. The number of hydrogen-bond acceptors (Lipinski definition) is 3. The maximum Gasteiger partial charge on any atom is 0.333 e. The largest absolute Gasteiger partial charge is 0.466 e. The molecule has 0 bridgehead atoms. The van der Waals surface area contributed by atoms with Crippen LogP contribution < -0.4 is 10.1 Å². The Morgan fingerprint density at radius 2 is 1.73 bits per heavy atom. The minimum Gasteiger partial charge on any atom is -0.466 e. The van der Waals surface area contributed by atoms with E-state index in [-0.39, 0.29) is 5.91 Å². The number of rotatable bonds is 8. The molecule has 0 fully saturated rings. The minimum atomic E-state index is -1.70. The van der Waals surface area contributed by atoms with Gasteiger partial charge in [-0.15, -0.1) is 0 Å². The lowest BCUT2D eigenvalue weighted by atomic mass is 9.97. The fraction of sp³-hybridized carbons (Fsp3) is 0.360. The van der Waals surface area contributed by atoms with E-state index < -0.39 is 14.0 Å². The monoisotopic (exact) mass is 421 g/mol. The molecule has 0 spiro atoms. The third kappa shape index (κ3) is 3.86. The van der Waals surface area contributed by atoms with Crippen LogP contribution in [0.2, 0.25) is 18.1 Å². The van der Waals surface area contributed by atoms with Gasteiger partial charge in [0.15, 0.2) is 0 Å². The molecule has 0 N–H and O–H groups in total. The minimum absolute atomic E-state index is 0.0363. The second-order valence-corrected chi connectivity index (χ2v) is 13.3. The third-order valence-corrected chi connectivity index (χ3v) is 12.3. The zero-order valence-corrected chi connectivity index (χ0v) is 19.5. The standard InChI is InChI=1S/C25H31NO3Si/c1-6-30(7-2,8-3)21-15-19(14-18(4)25(28)29-5)23-17-26(24(27)22(23)16-21)20-12-10-9-11-13-20/h9-13,15-16H,4,6-8,14,17H2,1-3,5H3. The fourth-order valence-electron chi connectivity index (χ4n) is 4.57. The average molecular weight is 422 g/mol. The molecular weight excluding hydrogens is 390 g/mol. The van der Waals surface area contributed by atoms with Crippen molar-refractivity contribution in [2.24, 2.45) is 0 Å². The number of methoxy groups -OCH3 is 1. The molecule has 0 aromatic heterocycles. The summed E-state index contributed by atoms with van der Waals surface area (Å²) in [6, 6.07) is 17.5. The maximum absolute atomic E-state index is 13.4. The number of carbonyl (C=O) groups is 2. The Bertz CT molecular complexity index is 956. The van der Waals surface area contributed by atoms with Gasteiger partial charge in [0.05, 0.1) is 21.7 Å².